The zero-order valence-corrected chi connectivity index (χ0v) is 6.64. The van der Waals surface area contributed by atoms with Crippen LogP contribution in [0.2, 0.25) is 0 Å². The first-order chi connectivity index (χ1) is 4.96. The Labute approximate surface area is 64.8 Å². The van der Waals surface area contributed by atoms with Crippen LogP contribution < -0.4 is 0 Å². The average Bonchev–Trinajstić information content (AvgIpc) is 1.95. The minimum Gasteiger partial charge on any atom is -0.299 e. The van der Waals surface area contributed by atoms with Gasteiger partial charge in [0.25, 0.3) is 0 Å². The van der Waals surface area contributed by atoms with E-state index in [1.54, 1.807) is 0 Å². The van der Waals surface area contributed by atoms with Crippen LogP contribution in [-0.2, 0) is 14.4 Å². The molecule has 0 N–H and O–H groups in total. The molecule has 11 heavy (non-hydrogen) atoms. The molecule has 0 radical (unpaired) electrons. The third kappa shape index (κ3) is 1.11. The highest BCUT2D eigenvalue weighted by Gasteiger charge is 2.42. The van der Waals surface area contributed by atoms with E-state index in [9.17, 15) is 14.4 Å². The molecule has 0 aromatic rings. The SMILES string of the molecule is CC1(C)C(=O)CCC(=O)C1=O. The van der Waals surface area contributed by atoms with Gasteiger partial charge in [-0.15, -0.1) is 0 Å². The second-order valence-corrected chi connectivity index (χ2v) is 3.30. The molecule has 0 unspecified atom stereocenters. The fraction of sp³-hybridized carbons (Fsp3) is 0.625. The van der Waals surface area contributed by atoms with Gasteiger partial charge in [-0.25, -0.2) is 0 Å². The molecular weight excluding hydrogens is 144 g/mol. The normalized spacial score (nSPS) is 24.0. The molecule has 0 aromatic carbocycles. The van der Waals surface area contributed by atoms with Crippen molar-refractivity contribution >= 4 is 17.3 Å². The lowest BCUT2D eigenvalue weighted by atomic mass is 9.75. The molecule has 0 aromatic heterocycles. The smallest absolute Gasteiger partial charge is 0.211 e. The number of carbonyl (C=O) groups excluding carboxylic acids is 3. The minimum atomic E-state index is -1.06. The molecule has 1 aliphatic carbocycles. The van der Waals surface area contributed by atoms with Crippen LogP contribution in [0, 0.1) is 5.41 Å². The van der Waals surface area contributed by atoms with E-state index in [0.717, 1.165) is 0 Å². The Morgan fingerprint density at radius 3 is 2.09 bits per heavy atom. The molecule has 1 saturated carbocycles. The third-order valence-electron chi connectivity index (χ3n) is 2.10. The predicted octanol–water partition coefficient (Wildman–Crippen LogP) is 0.514. The lowest BCUT2D eigenvalue weighted by Crippen LogP contribution is -2.42. The molecule has 1 fully saturated rings. The Hall–Kier alpha value is -0.990. The van der Waals surface area contributed by atoms with Gasteiger partial charge < -0.3 is 0 Å². The summed E-state index contributed by atoms with van der Waals surface area (Å²) in [4.78, 5) is 33.0. The average molecular weight is 154 g/mol. The summed E-state index contributed by atoms with van der Waals surface area (Å²) >= 11 is 0. The highest BCUT2D eigenvalue weighted by molar-refractivity contribution is 6.45. The van der Waals surface area contributed by atoms with E-state index in [4.69, 9.17) is 0 Å². The number of carbonyl (C=O) groups is 3. The Morgan fingerprint density at radius 2 is 1.64 bits per heavy atom. The molecule has 0 heterocycles. The Kier molecular flexibility index (Phi) is 1.66. The van der Waals surface area contributed by atoms with Gasteiger partial charge in [-0.2, -0.15) is 0 Å². The van der Waals surface area contributed by atoms with Crippen molar-refractivity contribution in [3.8, 4) is 0 Å². The summed E-state index contributed by atoms with van der Waals surface area (Å²) in [6.45, 7) is 3.02. The molecule has 0 amide bonds. The van der Waals surface area contributed by atoms with E-state index < -0.39 is 17.0 Å². The van der Waals surface area contributed by atoms with E-state index >= 15 is 0 Å². The summed E-state index contributed by atoms with van der Waals surface area (Å²) in [6.07, 6.45) is 0.318. The van der Waals surface area contributed by atoms with Gasteiger partial charge in [0.1, 0.15) is 5.78 Å². The third-order valence-corrected chi connectivity index (χ3v) is 2.10. The first-order valence-electron chi connectivity index (χ1n) is 3.57. The van der Waals surface area contributed by atoms with Crippen LogP contribution in [0.25, 0.3) is 0 Å². The highest BCUT2D eigenvalue weighted by atomic mass is 16.2. The molecule has 1 rings (SSSR count). The van der Waals surface area contributed by atoms with Gasteiger partial charge in [0, 0.05) is 12.8 Å². The second-order valence-electron chi connectivity index (χ2n) is 3.30. The number of Topliss-reactive ketones (excluding diaryl/α,β-unsaturated/α-hetero) is 3. The van der Waals surface area contributed by atoms with Crippen molar-refractivity contribution in [3.63, 3.8) is 0 Å². The molecule has 60 valence electrons. The summed E-state index contributed by atoms with van der Waals surface area (Å²) in [6, 6.07) is 0. The predicted molar refractivity (Wildman–Crippen MR) is 38.0 cm³/mol. The van der Waals surface area contributed by atoms with Gasteiger partial charge >= 0.3 is 0 Å². The van der Waals surface area contributed by atoms with Crippen molar-refractivity contribution in [2.45, 2.75) is 26.7 Å². The van der Waals surface area contributed by atoms with Crippen LogP contribution in [-0.4, -0.2) is 17.3 Å². The van der Waals surface area contributed by atoms with Crippen molar-refractivity contribution in [2.24, 2.45) is 5.41 Å². The van der Waals surface area contributed by atoms with Crippen LogP contribution in [0.1, 0.15) is 26.7 Å². The van der Waals surface area contributed by atoms with Crippen LogP contribution in [0.4, 0.5) is 0 Å². The summed E-state index contributed by atoms with van der Waals surface area (Å²) in [5.41, 5.74) is -1.06. The number of rotatable bonds is 0. The largest absolute Gasteiger partial charge is 0.299 e. The lowest BCUT2D eigenvalue weighted by molar-refractivity contribution is -0.150. The van der Waals surface area contributed by atoms with Gasteiger partial charge in [-0.3, -0.25) is 14.4 Å². The second kappa shape index (κ2) is 2.26. The molecule has 0 bridgehead atoms. The Bertz CT molecular complexity index is 238. The zero-order chi connectivity index (χ0) is 8.65. The lowest BCUT2D eigenvalue weighted by Gasteiger charge is -2.24. The van der Waals surface area contributed by atoms with Crippen LogP contribution in [0.15, 0.2) is 0 Å². The maximum Gasteiger partial charge on any atom is 0.211 e. The van der Waals surface area contributed by atoms with Crippen LogP contribution in [0.3, 0.4) is 0 Å². The molecule has 1 aliphatic rings. The number of hydrogen-bond donors (Lipinski definition) is 0. The molecule has 0 spiro atoms. The van der Waals surface area contributed by atoms with Gasteiger partial charge in [0.05, 0.1) is 5.41 Å². The maximum absolute atomic E-state index is 11.1. The van der Waals surface area contributed by atoms with E-state index in [0.29, 0.717) is 0 Å². The number of hydrogen-bond acceptors (Lipinski definition) is 3. The van der Waals surface area contributed by atoms with E-state index in [2.05, 4.69) is 0 Å². The summed E-state index contributed by atoms with van der Waals surface area (Å²) in [7, 11) is 0. The van der Waals surface area contributed by atoms with Gasteiger partial charge in [-0.1, -0.05) is 0 Å². The fourth-order valence-electron chi connectivity index (χ4n) is 1.13. The monoisotopic (exact) mass is 154 g/mol. The van der Waals surface area contributed by atoms with Gasteiger partial charge in [-0.05, 0) is 13.8 Å². The zero-order valence-electron chi connectivity index (χ0n) is 6.64. The Morgan fingerprint density at radius 1 is 1.09 bits per heavy atom. The van der Waals surface area contributed by atoms with Crippen molar-refractivity contribution in [1.82, 2.24) is 0 Å². The standard InChI is InChI=1S/C8H10O3/c1-8(2)6(10)4-3-5(9)7(8)11/h3-4H2,1-2H3. The number of ketones is 3. The fourth-order valence-corrected chi connectivity index (χ4v) is 1.13. The first kappa shape index (κ1) is 8.11. The van der Waals surface area contributed by atoms with E-state index in [-0.39, 0.29) is 18.6 Å². The van der Waals surface area contributed by atoms with Crippen molar-refractivity contribution in [3.05, 3.63) is 0 Å². The van der Waals surface area contributed by atoms with Crippen molar-refractivity contribution < 1.29 is 14.4 Å². The molecule has 0 saturated heterocycles. The van der Waals surface area contributed by atoms with Crippen LogP contribution >= 0.6 is 0 Å². The van der Waals surface area contributed by atoms with Crippen LogP contribution in [0.5, 0.6) is 0 Å². The van der Waals surface area contributed by atoms with Gasteiger partial charge in [0.2, 0.25) is 5.78 Å². The summed E-state index contributed by atoms with van der Waals surface area (Å²) in [5.74, 6) is -1.06. The minimum absolute atomic E-state index is 0.0983. The Balaban J connectivity index is 2.99. The summed E-state index contributed by atoms with van der Waals surface area (Å²) < 4.78 is 0. The maximum atomic E-state index is 11.1. The van der Waals surface area contributed by atoms with E-state index in [1.165, 1.54) is 13.8 Å². The van der Waals surface area contributed by atoms with E-state index in [1.807, 2.05) is 0 Å². The summed E-state index contributed by atoms with van der Waals surface area (Å²) in [5, 5.41) is 0. The molecule has 0 aliphatic heterocycles. The molecule has 3 nitrogen and oxygen atoms in total. The quantitative estimate of drug-likeness (QED) is 0.377. The van der Waals surface area contributed by atoms with Crippen molar-refractivity contribution in [1.29, 1.82) is 0 Å². The first-order valence-corrected chi connectivity index (χ1v) is 3.57. The van der Waals surface area contributed by atoms with Crippen molar-refractivity contribution in [2.75, 3.05) is 0 Å². The van der Waals surface area contributed by atoms with Gasteiger partial charge in [0.15, 0.2) is 5.78 Å². The molecule has 0 atom stereocenters. The molecular formula is C8H10O3. The highest BCUT2D eigenvalue weighted by Crippen LogP contribution is 2.26. The molecule has 3 heteroatoms. The topological polar surface area (TPSA) is 51.2 Å².